The molecule has 1 spiro atoms. The van der Waals surface area contributed by atoms with Gasteiger partial charge in [-0.05, 0) is 128 Å². The molecular formula is C59H62BNO4. The largest absolute Gasteiger partial charge is 0.505 e. The van der Waals surface area contributed by atoms with Crippen LogP contribution in [0.1, 0.15) is 114 Å². The van der Waals surface area contributed by atoms with E-state index in [0.717, 1.165) is 53.6 Å². The van der Waals surface area contributed by atoms with Crippen LogP contribution in [0.3, 0.4) is 0 Å². The van der Waals surface area contributed by atoms with E-state index >= 15 is 0 Å². The van der Waals surface area contributed by atoms with E-state index in [2.05, 4.69) is 150 Å². The third-order valence-electron chi connectivity index (χ3n) is 14.2. The van der Waals surface area contributed by atoms with Gasteiger partial charge < -0.3 is 25.3 Å². The number of rotatable bonds is 5. The van der Waals surface area contributed by atoms with E-state index in [1.807, 2.05) is 50.8 Å². The maximum absolute atomic E-state index is 11.9. The zero-order valence-electron chi connectivity index (χ0n) is 39.4. The van der Waals surface area contributed by atoms with Crippen molar-refractivity contribution >= 4 is 30.4 Å². The van der Waals surface area contributed by atoms with Gasteiger partial charge in [0.15, 0.2) is 23.0 Å². The number of fused-ring (bicyclic) bond motifs is 6. The molecule has 6 aromatic rings. The lowest BCUT2D eigenvalue weighted by Crippen LogP contribution is -2.27. The maximum atomic E-state index is 11.9. The van der Waals surface area contributed by atoms with Crippen LogP contribution in [-0.2, 0) is 17.3 Å². The minimum atomic E-state index is -0.697. The number of benzene rings is 6. The molecule has 2 radical (unpaired) electrons. The fourth-order valence-corrected chi connectivity index (χ4v) is 11.9. The second kappa shape index (κ2) is 17.2. The molecule has 0 aliphatic heterocycles. The highest BCUT2D eigenvalue weighted by Gasteiger charge is 2.57. The third-order valence-corrected chi connectivity index (χ3v) is 14.2. The topological polar surface area (TPSA) is 84.2 Å². The number of allylic oxidation sites excluding steroid dienone is 6. The molecule has 0 bridgehead atoms. The molecule has 2 atom stereocenters. The van der Waals surface area contributed by atoms with Crippen molar-refractivity contribution in [2.45, 2.75) is 105 Å². The van der Waals surface area contributed by atoms with Crippen molar-refractivity contribution < 1.29 is 20.4 Å². The number of phenols is 4. The van der Waals surface area contributed by atoms with Crippen LogP contribution in [0.5, 0.6) is 23.0 Å². The van der Waals surface area contributed by atoms with Gasteiger partial charge in [-0.25, -0.2) is 0 Å². The molecule has 2 unspecified atom stereocenters. The molecule has 4 aliphatic carbocycles. The molecule has 6 heteroatoms. The van der Waals surface area contributed by atoms with Gasteiger partial charge >= 0.3 is 0 Å². The van der Waals surface area contributed by atoms with E-state index < -0.39 is 28.5 Å². The normalized spacial score (nSPS) is 19.2. The molecule has 65 heavy (non-hydrogen) atoms. The van der Waals surface area contributed by atoms with Gasteiger partial charge in [-0.15, -0.1) is 0 Å². The van der Waals surface area contributed by atoms with Gasteiger partial charge in [0.25, 0.3) is 0 Å². The van der Waals surface area contributed by atoms with Crippen LogP contribution in [0.2, 0.25) is 0 Å². The fraction of sp³-hybridized carbons (Fsp3) is 0.288. The molecule has 0 heterocycles. The number of hydrogen-bond donors (Lipinski definition) is 4. The van der Waals surface area contributed by atoms with E-state index in [1.165, 1.54) is 44.5 Å². The molecule has 0 saturated carbocycles. The summed E-state index contributed by atoms with van der Waals surface area (Å²) in [7, 11) is 6.07. The number of anilines is 3. The summed E-state index contributed by atoms with van der Waals surface area (Å²) in [5.41, 5.74) is 14.3. The first-order chi connectivity index (χ1) is 31.2. The standard InChI is InChI=1S/C55H50BNO4.2C2H6/c1-32-34(36-19-11-13-21-38(36)40-29-33-17-9-10-18-35(33)37-20-12-14-22-39(37)40)23-15-27-44(32)57(48-51(60)49(58)47(56)50(59)52(48)61)45-28-16-26-43-46(45)54(4,5)31-55(43)30-53(2,3)41-24-7-6-8-25-42(41)55;2*1-2/h7-28,40,58-61H,6,29-31H2,1-5H3;2*1-2H3. The fourth-order valence-electron chi connectivity index (χ4n) is 11.9. The zero-order chi connectivity index (χ0) is 46.6. The van der Waals surface area contributed by atoms with Crippen molar-refractivity contribution in [3.63, 3.8) is 0 Å². The van der Waals surface area contributed by atoms with Crippen molar-refractivity contribution in [2.24, 2.45) is 5.41 Å². The van der Waals surface area contributed by atoms with E-state index in [0.29, 0.717) is 5.69 Å². The Morgan fingerprint density at radius 3 is 1.71 bits per heavy atom. The lowest BCUT2D eigenvalue weighted by Gasteiger charge is -2.34. The average Bonchev–Trinajstić information content (AvgIpc) is 3.50. The minimum absolute atomic E-state index is 0.0712. The SMILES string of the molecule is CC.CC.[B]c1c(O)c(O)c(N(c2cccc(-c3ccccc3C3Cc4ccccc4-c4ccccc43)c2C)c2cccc3c2C(C)(C)CC32CC(C)(C)C3=C2C=CCC=C3)c(O)c1O. The summed E-state index contributed by atoms with van der Waals surface area (Å²) in [6.07, 6.45) is 12.7. The summed E-state index contributed by atoms with van der Waals surface area (Å²) in [4.78, 5) is 1.83. The van der Waals surface area contributed by atoms with E-state index in [-0.39, 0.29) is 27.9 Å². The Morgan fingerprint density at radius 2 is 1.06 bits per heavy atom. The Hall–Kier alpha value is -6.40. The van der Waals surface area contributed by atoms with Crippen molar-refractivity contribution in [1.82, 2.24) is 0 Å². The van der Waals surface area contributed by atoms with Gasteiger partial charge in [-0.2, -0.15) is 0 Å². The first-order valence-corrected chi connectivity index (χ1v) is 23.4. The molecule has 0 aromatic heterocycles. The molecule has 0 amide bonds. The highest BCUT2D eigenvalue weighted by Crippen LogP contribution is 2.67. The van der Waals surface area contributed by atoms with Gasteiger partial charge in [-0.1, -0.05) is 177 Å². The van der Waals surface area contributed by atoms with Gasteiger partial charge in [0.1, 0.15) is 13.5 Å². The minimum Gasteiger partial charge on any atom is -0.505 e. The van der Waals surface area contributed by atoms with Crippen LogP contribution in [0.25, 0.3) is 22.3 Å². The smallest absolute Gasteiger partial charge is 0.185 e. The van der Waals surface area contributed by atoms with Gasteiger partial charge in [-0.3, -0.25) is 0 Å². The maximum Gasteiger partial charge on any atom is 0.185 e. The van der Waals surface area contributed by atoms with Crippen LogP contribution in [0.4, 0.5) is 17.1 Å². The van der Waals surface area contributed by atoms with E-state index in [4.69, 9.17) is 7.85 Å². The number of phenolic OH excluding ortho intramolecular Hbond substituents is 4. The Morgan fingerprint density at radius 1 is 0.554 bits per heavy atom. The quantitative estimate of drug-likeness (QED) is 0.0788. The lowest BCUT2D eigenvalue weighted by atomic mass is 9.71. The summed E-state index contributed by atoms with van der Waals surface area (Å²) in [6, 6.07) is 38.4. The van der Waals surface area contributed by atoms with Gasteiger partial charge in [0.2, 0.25) is 0 Å². The average molecular weight is 860 g/mol. The summed E-state index contributed by atoms with van der Waals surface area (Å²) < 4.78 is 0. The predicted molar refractivity (Wildman–Crippen MR) is 271 cm³/mol. The van der Waals surface area contributed by atoms with Crippen LogP contribution < -0.4 is 10.4 Å². The summed E-state index contributed by atoms with van der Waals surface area (Å²) >= 11 is 0. The Bertz CT molecular complexity index is 2890. The molecule has 10 rings (SSSR count). The number of hydrogen-bond acceptors (Lipinski definition) is 5. The van der Waals surface area contributed by atoms with E-state index in [1.54, 1.807) is 0 Å². The predicted octanol–water partition coefficient (Wildman–Crippen LogP) is 14.3. The van der Waals surface area contributed by atoms with Crippen LogP contribution in [-0.4, -0.2) is 28.3 Å². The van der Waals surface area contributed by atoms with Crippen molar-refractivity contribution in [3.05, 3.63) is 178 Å². The zero-order valence-corrected chi connectivity index (χ0v) is 39.4. The molecule has 5 nitrogen and oxygen atoms in total. The monoisotopic (exact) mass is 859 g/mol. The van der Waals surface area contributed by atoms with Crippen LogP contribution in [0, 0.1) is 12.3 Å². The van der Waals surface area contributed by atoms with Crippen molar-refractivity contribution in [2.75, 3.05) is 4.90 Å². The second-order valence-electron chi connectivity index (χ2n) is 18.8. The molecule has 6 aromatic carbocycles. The van der Waals surface area contributed by atoms with Crippen LogP contribution >= 0.6 is 0 Å². The van der Waals surface area contributed by atoms with Gasteiger partial charge in [0, 0.05) is 17.0 Å². The lowest BCUT2D eigenvalue weighted by molar-refractivity contribution is 0.319. The third kappa shape index (κ3) is 7.08. The Kier molecular flexibility index (Phi) is 12.0. The Labute approximate surface area is 387 Å². The van der Waals surface area contributed by atoms with Crippen molar-refractivity contribution in [3.8, 4) is 45.3 Å². The van der Waals surface area contributed by atoms with E-state index in [9.17, 15) is 20.4 Å². The molecule has 0 fully saturated rings. The molecule has 4 aliphatic rings. The summed E-state index contributed by atoms with van der Waals surface area (Å²) in [6.45, 7) is 19.3. The first-order valence-electron chi connectivity index (χ1n) is 23.4. The molecule has 0 saturated heterocycles. The highest BCUT2D eigenvalue weighted by molar-refractivity contribution is 6.37. The number of nitrogens with zero attached hydrogens (tertiary/aromatic N) is 1. The van der Waals surface area contributed by atoms with Crippen LogP contribution in [0.15, 0.2) is 145 Å². The van der Waals surface area contributed by atoms with Gasteiger partial charge in [0.05, 0.1) is 5.69 Å². The molecular weight excluding hydrogens is 797 g/mol. The summed E-state index contributed by atoms with van der Waals surface area (Å²) in [5, 5.41) is 46.3. The summed E-state index contributed by atoms with van der Waals surface area (Å²) in [5.74, 6) is -2.55. The molecule has 4 N–H and O–H groups in total. The number of aromatic hydroxyl groups is 4. The highest BCUT2D eigenvalue weighted by atomic mass is 16.3. The second-order valence-corrected chi connectivity index (χ2v) is 18.8. The molecule has 330 valence electrons. The Balaban J connectivity index is 0.00000140. The first kappa shape index (κ1) is 45.2. The van der Waals surface area contributed by atoms with Crippen molar-refractivity contribution in [1.29, 1.82) is 0 Å².